The van der Waals surface area contributed by atoms with Gasteiger partial charge in [0.15, 0.2) is 6.67 Å². The number of hydrogen-bond donors (Lipinski definition) is 1. The van der Waals surface area contributed by atoms with Crippen LogP contribution >= 0.6 is 0 Å². The first-order valence-electron chi connectivity index (χ1n) is 8.45. The largest absolute Gasteiger partial charge is 0.320 e. The topological polar surface area (TPSA) is 51.3 Å². The van der Waals surface area contributed by atoms with E-state index in [-0.39, 0.29) is 0 Å². The van der Waals surface area contributed by atoms with Crippen LogP contribution in [0.3, 0.4) is 0 Å². The molecule has 6 nitrogen and oxygen atoms in total. The van der Waals surface area contributed by atoms with Gasteiger partial charge < -0.3 is 4.90 Å². The highest BCUT2D eigenvalue weighted by Crippen LogP contribution is 2.05. The van der Waals surface area contributed by atoms with Gasteiger partial charge in [0.2, 0.25) is 0 Å². The fourth-order valence-corrected chi connectivity index (χ4v) is 3.00. The van der Waals surface area contributed by atoms with Crippen molar-refractivity contribution in [2.45, 2.75) is 19.6 Å². The molecule has 0 bridgehead atoms. The van der Waals surface area contributed by atoms with Crippen LogP contribution in [0.2, 0.25) is 0 Å². The Kier molecular flexibility index (Phi) is 4.52. The van der Waals surface area contributed by atoms with E-state index in [0.29, 0.717) is 0 Å². The summed E-state index contributed by atoms with van der Waals surface area (Å²) in [5, 5.41) is 8.54. The van der Waals surface area contributed by atoms with Crippen LogP contribution < -0.4 is 4.90 Å². The molecule has 1 N–H and O–H groups in total. The summed E-state index contributed by atoms with van der Waals surface area (Å²) >= 11 is 0. The van der Waals surface area contributed by atoms with Crippen LogP contribution in [0.5, 0.6) is 0 Å². The highest BCUT2D eigenvalue weighted by atomic mass is 15.4. The number of hydrogen-bond acceptors (Lipinski definition) is 4. The van der Waals surface area contributed by atoms with Crippen LogP contribution in [-0.2, 0) is 19.6 Å². The smallest absolute Gasteiger partial charge is 0.157 e. The zero-order valence-corrected chi connectivity index (χ0v) is 14.0. The second-order valence-corrected chi connectivity index (χ2v) is 6.27. The van der Waals surface area contributed by atoms with Gasteiger partial charge >= 0.3 is 0 Å². The van der Waals surface area contributed by atoms with Crippen molar-refractivity contribution in [1.82, 2.24) is 24.9 Å². The Hall–Kier alpha value is -2.99. The fraction of sp³-hybridized carbons (Fsp3) is 0.211. The minimum absolute atomic E-state index is 0.751. The van der Waals surface area contributed by atoms with E-state index < -0.39 is 0 Å². The molecule has 1 atom stereocenters. The van der Waals surface area contributed by atoms with E-state index in [1.165, 1.54) is 10.5 Å². The minimum atomic E-state index is 0.751. The lowest BCUT2D eigenvalue weighted by Gasteiger charge is -2.15. The second kappa shape index (κ2) is 7.27. The van der Waals surface area contributed by atoms with Crippen molar-refractivity contribution < 1.29 is 4.90 Å². The van der Waals surface area contributed by atoms with Gasteiger partial charge in [-0.3, -0.25) is 9.88 Å². The molecule has 0 saturated carbocycles. The van der Waals surface area contributed by atoms with Crippen molar-refractivity contribution in [2.24, 2.45) is 0 Å². The Morgan fingerprint density at radius 2 is 1.84 bits per heavy atom. The zero-order valence-electron chi connectivity index (χ0n) is 14.0. The summed E-state index contributed by atoms with van der Waals surface area (Å²) < 4.78 is 1.89. The molecule has 0 amide bonds. The summed E-state index contributed by atoms with van der Waals surface area (Å²) in [6.07, 6.45) is 8.19. The standard InChI is InChI=1S/C19H20N6/c1-2-6-17(7-3-1)12-25-15-19(21-22-25)14-24-11-10-23(16-24)13-18-8-4-5-9-20-18/h1-11,15H,12-14,16H2/p+1. The summed E-state index contributed by atoms with van der Waals surface area (Å²) in [5.74, 6) is 0. The van der Waals surface area contributed by atoms with Crippen LogP contribution in [0, 0.1) is 0 Å². The lowest BCUT2D eigenvalue weighted by molar-refractivity contribution is -0.863. The lowest BCUT2D eigenvalue weighted by Crippen LogP contribution is -3.05. The number of nitrogens with zero attached hydrogens (tertiary/aromatic N) is 5. The van der Waals surface area contributed by atoms with Crippen molar-refractivity contribution in [3.05, 3.63) is 90.3 Å². The van der Waals surface area contributed by atoms with Crippen LogP contribution in [0.1, 0.15) is 17.0 Å². The Bertz CT molecular complexity index is 827. The molecular weight excluding hydrogens is 312 g/mol. The number of quaternary nitrogens is 1. The molecule has 3 heterocycles. The summed E-state index contributed by atoms with van der Waals surface area (Å²) in [4.78, 5) is 8.03. The van der Waals surface area contributed by atoms with Gasteiger partial charge in [-0.15, -0.1) is 5.10 Å². The van der Waals surface area contributed by atoms with E-state index in [4.69, 9.17) is 0 Å². The molecule has 1 aliphatic heterocycles. The first-order chi connectivity index (χ1) is 12.3. The van der Waals surface area contributed by atoms with Gasteiger partial charge in [0, 0.05) is 6.20 Å². The summed E-state index contributed by atoms with van der Waals surface area (Å²) in [5.41, 5.74) is 3.32. The molecule has 6 heteroatoms. The summed E-state index contributed by atoms with van der Waals surface area (Å²) in [6, 6.07) is 16.4. The maximum atomic E-state index is 4.40. The maximum Gasteiger partial charge on any atom is 0.157 e. The van der Waals surface area contributed by atoms with Gasteiger partial charge in [0.25, 0.3) is 0 Å². The molecule has 1 aliphatic rings. The quantitative estimate of drug-likeness (QED) is 0.733. The third-order valence-corrected chi connectivity index (χ3v) is 4.20. The minimum Gasteiger partial charge on any atom is -0.320 e. The number of benzene rings is 1. The van der Waals surface area contributed by atoms with Crippen molar-refractivity contribution in [2.75, 3.05) is 6.67 Å². The van der Waals surface area contributed by atoms with Gasteiger partial charge in [-0.25, -0.2) is 4.68 Å². The second-order valence-electron chi connectivity index (χ2n) is 6.27. The summed E-state index contributed by atoms with van der Waals surface area (Å²) in [6.45, 7) is 3.34. The van der Waals surface area contributed by atoms with Gasteiger partial charge in [0.1, 0.15) is 18.4 Å². The Morgan fingerprint density at radius 3 is 2.68 bits per heavy atom. The van der Waals surface area contributed by atoms with Gasteiger partial charge in [-0.2, -0.15) is 0 Å². The molecule has 0 radical (unpaired) electrons. The number of rotatable bonds is 6. The van der Waals surface area contributed by atoms with E-state index in [0.717, 1.165) is 37.7 Å². The SMILES string of the molecule is C1=C[NH+](Cc2ccccn2)CN1Cc1cn(Cc2ccccc2)nn1. The highest BCUT2D eigenvalue weighted by molar-refractivity contribution is 5.15. The van der Waals surface area contributed by atoms with Crippen LogP contribution in [0.15, 0.2) is 73.3 Å². The van der Waals surface area contributed by atoms with E-state index in [1.54, 1.807) is 0 Å². The van der Waals surface area contributed by atoms with E-state index in [2.05, 4.69) is 50.8 Å². The number of pyridine rings is 1. The molecule has 1 aromatic carbocycles. The van der Waals surface area contributed by atoms with Crippen LogP contribution in [-0.4, -0.2) is 31.5 Å². The fourth-order valence-electron chi connectivity index (χ4n) is 3.00. The van der Waals surface area contributed by atoms with Crippen molar-refractivity contribution in [3.8, 4) is 0 Å². The molecule has 3 aromatic rings. The molecule has 0 saturated heterocycles. The third kappa shape index (κ3) is 4.10. The van der Waals surface area contributed by atoms with Gasteiger partial charge in [-0.05, 0) is 17.7 Å². The normalized spacial score (nSPS) is 16.5. The molecule has 126 valence electrons. The zero-order chi connectivity index (χ0) is 16.9. The molecule has 4 rings (SSSR count). The molecule has 0 fully saturated rings. The molecule has 2 aromatic heterocycles. The van der Waals surface area contributed by atoms with Gasteiger partial charge in [-0.1, -0.05) is 41.6 Å². The Labute approximate surface area is 147 Å². The van der Waals surface area contributed by atoms with E-state index in [1.807, 2.05) is 47.4 Å². The third-order valence-electron chi connectivity index (χ3n) is 4.20. The predicted molar refractivity (Wildman–Crippen MR) is 94.0 cm³/mol. The highest BCUT2D eigenvalue weighted by Gasteiger charge is 2.19. The average Bonchev–Trinajstić information content (AvgIpc) is 3.27. The monoisotopic (exact) mass is 333 g/mol. The van der Waals surface area contributed by atoms with Crippen molar-refractivity contribution in [1.29, 1.82) is 0 Å². The predicted octanol–water partition coefficient (Wildman–Crippen LogP) is 1.05. The van der Waals surface area contributed by atoms with Crippen molar-refractivity contribution in [3.63, 3.8) is 0 Å². The number of nitrogens with one attached hydrogen (secondary N) is 1. The first-order valence-corrected chi connectivity index (χ1v) is 8.45. The summed E-state index contributed by atoms with van der Waals surface area (Å²) in [7, 11) is 0. The van der Waals surface area contributed by atoms with Crippen LogP contribution in [0.4, 0.5) is 0 Å². The first kappa shape index (κ1) is 15.5. The van der Waals surface area contributed by atoms with Gasteiger partial charge in [0.05, 0.1) is 31.2 Å². The molecule has 25 heavy (non-hydrogen) atoms. The Morgan fingerprint density at radius 1 is 0.960 bits per heavy atom. The van der Waals surface area contributed by atoms with Crippen molar-refractivity contribution >= 4 is 0 Å². The van der Waals surface area contributed by atoms with E-state index in [9.17, 15) is 0 Å². The maximum absolute atomic E-state index is 4.40. The van der Waals surface area contributed by atoms with Crippen LogP contribution in [0.25, 0.3) is 0 Å². The van der Waals surface area contributed by atoms with E-state index >= 15 is 0 Å². The average molecular weight is 333 g/mol. The molecule has 1 unspecified atom stereocenters. The Balaban J connectivity index is 1.31. The molecular formula is C19H21N6+. The number of aromatic nitrogens is 4. The molecule has 0 aliphatic carbocycles. The molecule has 0 spiro atoms. The lowest BCUT2D eigenvalue weighted by atomic mass is 10.2.